The number of benzene rings is 1. The minimum atomic E-state index is -0.359. The van der Waals surface area contributed by atoms with Crippen molar-refractivity contribution in [3.8, 4) is 5.75 Å². The first-order valence-corrected chi connectivity index (χ1v) is 8.84. The van der Waals surface area contributed by atoms with Crippen molar-refractivity contribution in [2.24, 2.45) is 5.41 Å². The number of carbonyl (C=O) groups excluding carboxylic acids is 2. The van der Waals surface area contributed by atoms with Crippen molar-refractivity contribution in [3.63, 3.8) is 0 Å². The number of likely N-dealkylation sites (tertiary alicyclic amines) is 2. The summed E-state index contributed by atoms with van der Waals surface area (Å²) < 4.78 is 5.94. The summed E-state index contributed by atoms with van der Waals surface area (Å²) in [6.45, 7) is 2.31. The third-order valence-corrected chi connectivity index (χ3v) is 5.85. The predicted molar refractivity (Wildman–Crippen MR) is 89.7 cm³/mol. The molecule has 0 N–H and O–H groups in total. The first-order chi connectivity index (χ1) is 11.6. The molecule has 128 valence electrons. The molecule has 0 saturated carbocycles. The van der Waals surface area contributed by atoms with E-state index in [0.717, 1.165) is 51.1 Å². The van der Waals surface area contributed by atoms with Gasteiger partial charge in [-0.15, -0.1) is 0 Å². The maximum Gasteiger partial charge on any atom is 0.263 e. The lowest BCUT2D eigenvalue weighted by atomic mass is 9.77. The molecule has 2 amide bonds. The van der Waals surface area contributed by atoms with Gasteiger partial charge in [-0.25, -0.2) is 0 Å². The van der Waals surface area contributed by atoms with Crippen LogP contribution in [0.15, 0.2) is 24.3 Å². The van der Waals surface area contributed by atoms with E-state index >= 15 is 0 Å². The van der Waals surface area contributed by atoms with Crippen LogP contribution >= 0.6 is 0 Å². The molecular formula is C19H24N2O3. The summed E-state index contributed by atoms with van der Waals surface area (Å²) in [4.78, 5) is 28.4. The molecule has 3 aliphatic rings. The predicted octanol–water partition coefficient (Wildman–Crippen LogP) is 1.85. The number of hydrogen-bond acceptors (Lipinski definition) is 3. The van der Waals surface area contributed by atoms with E-state index < -0.39 is 0 Å². The molecule has 3 aliphatic heterocycles. The number of aryl methyl sites for hydroxylation is 1. The van der Waals surface area contributed by atoms with Gasteiger partial charge in [-0.05, 0) is 37.3 Å². The van der Waals surface area contributed by atoms with Gasteiger partial charge in [0.25, 0.3) is 5.91 Å². The summed E-state index contributed by atoms with van der Waals surface area (Å²) in [5.74, 6) is 1.19. The average molecular weight is 328 g/mol. The first kappa shape index (κ1) is 15.5. The number of ether oxygens (including phenoxy) is 1. The Balaban J connectivity index is 1.38. The van der Waals surface area contributed by atoms with Crippen molar-refractivity contribution in [2.75, 3.05) is 26.7 Å². The van der Waals surface area contributed by atoms with Crippen molar-refractivity contribution in [1.82, 2.24) is 9.80 Å². The van der Waals surface area contributed by atoms with Crippen molar-refractivity contribution in [3.05, 3.63) is 29.8 Å². The number of fused-ring (bicyclic) bond motifs is 1. The Morgan fingerprint density at radius 1 is 1.25 bits per heavy atom. The van der Waals surface area contributed by atoms with E-state index in [1.165, 1.54) is 5.56 Å². The Labute approximate surface area is 142 Å². The fourth-order valence-electron chi connectivity index (χ4n) is 4.34. The third kappa shape index (κ3) is 2.66. The molecule has 5 heteroatoms. The van der Waals surface area contributed by atoms with Crippen LogP contribution in [0.1, 0.15) is 31.2 Å². The molecule has 1 aromatic rings. The van der Waals surface area contributed by atoms with E-state index in [-0.39, 0.29) is 23.3 Å². The summed E-state index contributed by atoms with van der Waals surface area (Å²) >= 11 is 0. The molecule has 0 radical (unpaired) electrons. The zero-order valence-corrected chi connectivity index (χ0v) is 14.2. The smallest absolute Gasteiger partial charge is 0.263 e. The van der Waals surface area contributed by atoms with E-state index in [0.29, 0.717) is 6.42 Å². The molecule has 4 rings (SSSR count). The highest BCUT2D eigenvalue weighted by molar-refractivity contribution is 5.82. The molecule has 0 aliphatic carbocycles. The molecule has 2 fully saturated rings. The maximum absolute atomic E-state index is 12.8. The molecule has 0 aromatic heterocycles. The molecular weight excluding hydrogens is 304 g/mol. The SMILES string of the molecule is CN1CC2(CCN(C(=O)[C@@H]3CCc4ccccc4O3)CC2)CC1=O. The monoisotopic (exact) mass is 328 g/mol. The van der Waals surface area contributed by atoms with Crippen molar-refractivity contribution in [1.29, 1.82) is 0 Å². The minimum Gasteiger partial charge on any atom is -0.480 e. The van der Waals surface area contributed by atoms with Gasteiger partial charge in [0.1, 0.15) is 5.75 Å². The summed E-state index contributed by atoms with van der Waals surface area (Å²) in [6.07, 6.45) is 3.75. The Hall–Kier alpha value is -2.04. The second-order valence-corrected chi connectivity index (χ2v) is 7.50. The van der Waals surface area contributed by atoms with Gasteiger partial charge in [0.15, 0.2) is 6.10 Å². The number of carbonyl (C=O) groups is 2. The molecule has 24 heavy (non-hydrogen) atoms. The van der Waals surface area contributed by atoms with E-state index in [1.54, 1.807) is 0 Å². The summed E-state index contributed by atoms with van der Waals surface area (Å²) in [5.41, 5.74) is 1.27. The van der Waals surface area contributed by atoms with E-state index in [2.05, 4.69) is 6.07 Å². The van der Waals surface area contributed by atoms with Crippen LogP contribution in [0, 0.1) is 5.41 Å². The second-order valence-electron chi connectivity index (χ2n) is 7.50. The lowest BCUT2D eigenvalue weighted by Gasteiger charge is -2.40. The van der Waals surface area contributed by atoms with Gasteiger partial charge in [-0.1, -0.05) is 18.2 Å². The van der Waals surface area contributed by atoms with Crippen molar-refractivity contribution in [2.45, 2.75) is 38.2 Å². The number of hydrogen-bond donors (Lipinski definition) is 0. The van der Waals surface area contributed by atoms with Gasteiger partial charge in [0, 0.05) is 38.5 Å². The van der Waals surface area contributed by atoms with Crippen molar-refractivity contribution < 1.29 is 14.3 Å². The van der Waals surface area contributed by atoms with Crippen LogP contribution in [-0.4, -0.2) is 54.4 Å². The lowest BCUT2D eigenvalue weighted by molar-refractivity contribution is -0.141. The normalized spacial score (nSPS) is 25.5. The standard InChI is InChI=1S/C19H24N2O3/c1-20-13-19(12-17(20)22)8-10-21(11-9-19)18(23)16-7-6-14-4-2-3-5-15(14)24-16/h2-5,16H,6-13H2,1H3/t16-/m0/s1. The van der Waals surface area contributed by atoms with Crippen LogP contribution in [0.5, 0.6) is 5.75 Å². The van der Waals surface area contributed by atoms with Gasteiger partial charge < -0.3 is 14.5 Å². The highest BCUT2D eigenvalue weighted by Crippen LogP contribution is 2.40. The fourth-order valence-corrected chi connectivity index (χ4v) is 4.34. The Kier molecular flexibility index (Phi) is 3.74. The van der Waals surface area contributed by atoms with Crippen molar-refractivity contribution >= 4 is 11.8 Å². The first-order valence-electron chi connectivity index (χ1n) is 8.84. The molecule has 0 bridgehead atoms. The van der Waals surface area contributed by atoms with E-state index in [4.69, 9.17) is 4.74 Å². The highest BCUT2D eigenvalue weighted by atomic mass is 16.5. The van der Waals surface area contributed by atoms with Crippen LogP contribution < -0.4 is 4.74 Å². The molecule has 2 saturated heterocycles. The minimum absolute atomic E-state index is 0.0859. The topological polar surface area (TPSA) is 49.9 Å². The fraction of sp³-hybridized carbons (Fsp3) is 0.579. The quantitative estimate of drug-likeness (QED) is 0.790. The summed E-state index contributed by atoms with van der Waals surface area (Å²) in [7, 11) is 1.88. The van der Waals surface area contributed by atoms with E-state index in [9.17, 15) is 9.59 Å². The van der Waals surface area contributed by atoms with Crippen LogP contribution in [0.25, 0.3) is 0 Å². The largest absolute Gasteiger partial charge is 0.480 e. The van der Waals surface area contributed by atoms with Gasteiger partial charge in [0.2, 0.25) is 5.91 Å². The molecule has 1 atom stereocenters. The van der Waals surface area contributed by atoms with E-state index in [1.807, 2.05) is 35.0 Å². The number of nitrogens with zero attached hydrogens (tertiary/aromatic N) is 2. The molecule has 3 heterocycles. The zero-order chi connectivity index (χ0) is 16.7. The molecule has 1 aromatic carbocycles. The van der Waals surface area contributed by atoms with Crippen LogP contribution in [-0.2, 0) is 16.0 Å². The number of para-hydroxylation sites is 1. The number of rotatable bonds is 1. The van der Waals surface area contributed by atoms with Crippen LogP contribution in [0.4, 0.5) is 0 Å². The lowest BCUT2D eigenvalue weighted by Crippen LogP contribution is -2.49. The Morgan fingerprint density at radius 3 is 2.71 bits per heavy atom. The van der Waals surface area contributed by atoms with Crippen LogP contribution in [0.2, 0.25) is 0 Å². The number of amides is 2. The Bertz CT molecular complexity index is 664. The summed E-state index contributed by atoms with van der Waals surface area (Å²) in [5, 5.41) is 0. The molecule has 1 spiro atoms. The van der Waals surface area contributed by atoms with Gasteiger partial charge in [-0.3, -0.25) is 9.59 Å². The van der Waals surface area contributed by atoms with Gasteiger partial charge in [0.05, 0.1) is 0 Å². The molecule has 5 nitrogen and oxygen atoms in total. The number of piperidine rings is 1. The second kappa shape index (κ2) is 5.80. The third-order valence-electron chi connectivity index (χ3n) is 5.85. The van der Waals surface area contributed by atoms with Gasteiger partial charge in [-0.2, -0.15) is 0 Å². The van der Waals surface area contributed by atoms with Crippen LogP contribution in [0.3, 0.4) is 0 Å². The Morgan fingerprint density at radius 2 is 2.00 bits per heavy atom. The van der Waals surface area contributed by atoms with Gasteiger partial charge >= 0.3 is 0 Å². The maximum atomic E-state index is 12.8. The highest BCUT2D eigenvalue weighted by Gasteiger charge is 2.45. The average Bonchev–Trinajstić information content (AvgIpc) is 2.88. The zero-order valence-electron chi connectivity index (χ0n) is 14.2. The summed E-state index contributed by atoms with van der Waals surface area (Å²) in [6, 6.07) is 7.96. The molecule has 0 unspecified atom stereocenters.